The van der Waals surface area contributed by atoms with E-state index >= 15 is 0 Å². The lowest BCUT2D eigenvalue weighted by atomic mass is 9.97. The summed E-state index contributed by atoms with van der Waals surface area (Å²) in [5.41, 5.74) is 3.26. The van der Waals surface area contributed by atoms with Gasteiger partial charge in [0.2, 0.25) is 5.91 Å². The molecule has 24 heavy (non-hydrogen) atoms. The molecule has 0 spiro atoms. The highest BCUT2D eigenvalue weighted by atomic mass is 16.5. The summed E-state index contributed by atoms with van der Waals surface area (Å²) in [4.78, 5) is 34.4. The number of esters is 1. The number of nitrogens with zero attached hydrogens (tertiary/aromatic N) is 3. The van der Waals surface area contributed by atoms with E-state index in [0.717, 1.165) is 16.8 Å². The third-order valence-corrected chi connectivity index (χ3v) is 4.22. The summed E-state index contributed by atoms with van der Waals surface area (Å²) < 4.78 is 4.80. The summed E-state index contributed by atoms with van der Waals surface area (Å²) in [5, 5.41) is 0. The highest BCUT2D eigenvalue weighted by Gasteiger charge is 2.25. The number of pyridine rings is 2. The molecule has 3 rings (SSSR count). The monoisotopic (exact) mass is 325 g/mol. The molecule has 0 saturated heterocycles. The van der Waals surface area contributed by atoms with Crippen molar-refractivity contribution in [1.29, 1.82) is 0 Å². The predicted molar refractivity (Wildman–Crippen MR) is 87.3 cm³/mol. The molecule has 124 valence electrons. The number of aryl methyl sites for hydroxylation is 1. The van der Waals surface area contributed by atoms with Gasteiger partial charge < -0.3 is 9.64 Å². The number of methoxy groups -OCH3 is 1. The molecule has 0 bridgehead atoms. The Morgan fingerprint density at radius 1 is 1.29 bits per heavy atom. The van der Waals surface area contributed by atoms with Gasteiger partial charge in [-0.1, -0.05) is 6.07 Å². The Balaban J connectivity index is 1.66. The first-order valence-corrected chi connectivity index (χ1v) is 7.91. The quantitative estimate of drug-likeness (QED) is 0.801. The number of rotatable bonds is 4. The highest BCUT2D eigenvalue weighted by molar-refractivity contribution is 5.91. The lowest BCUT2D eigenvalue weighted by molar-refractivity contribution is -0.132. The molecule has 1 aliphatic rings. The Kier molecular flexibility index (Phi) is 4.84. The molecule has 6 nitrogen and oxygen atoms in total. The average Bonchev–Trinajstić information content (AvgIpc) is 2.65. The van der Waals surface area contributed by atoms with E-state index in [2.05, 4.69) is 9.97 Å². The molecular weight excluding hydrogens is 306 g/mol. The second-order valence-electron chi connectivity index (χ2n) is 5.70. The van der Waals surface area contributed by atoms with Gasteiger partial charge >= 0.3 is 5.97 Å². The molecule has 3 heterocycles. The van der Waals surface area contributed by atoms with E-state index in [-0.39, 0.29) is 11.9 Å². The van der Waals surface area contributed by atoms with Crippen LogP contribution in [0.3, 0.4) is 0 Å². The van der Waals surface area contributed by atoms with E-state index in [0.29, 0.717) is 37.9 Å². The van der Waals surface area contributed by atoms with Gasteiger partial charge in [-0.2, -0.15) is 0 Å². The summed E-state index contributed by atoms with van der Waals surface area (Å²) >= 11 is 0. The standard InChI is InChI=1S/C18H19N3O3/c1-24-18(23)16-11-19-10-13-12-21(9-7-15(13)16)17(22)6-5-14-4-2-3-8-20-14/h2-4,8,10-11H,5-7,9,12H2,1H3. The van der Waals surface area contributed by atoms with Crippen LogP contribution in [0.15, 0.2) is 36.8 Å². The van der Waals surface area contributed by atoms with Crippen molar-refractivity contribution in [2.45, 2.75) is 25.8 Å². The fraction of sp³-hybridized carbons (Fsp3) is 0.333. The Labute approximate surface area is 140 Å². The molecular formula is C18H19N3O3. The van der Waals surface area contributed by atoms with Crippen LogP contribution in [0.4, 0.5) is 0 Å². The van der Waals surface area contributed by atoms with Gasteiger partial charge in [-0.3, -0.25) is 14.8 Å². The van der Waals surface area contributed by atoms with E-state index in [1.54, 1.807) is 12.4 Å². The summed E-state index contributed by atoms with van der Waals surface area (Å²) in [7, 11) is 1.36. The van der Waals surface area contributed by atoms with Crippen LogP contribution >= 0.6 is 0 Å². The van der Waals surface area contributed by atoms with Crippen LogP contribution in [0.5, 0.6) is 0 Å². The maximum atomic E-state index is 12.4. The van der Waals surface area contributed by atoms with Crippen molar-refractivity contribution < 1.29 is 14.3 Å². The summed E-state index contributed by atoms with van der Waals surface area (Å²) in [6.07, 6.45) is 6.68. The molecule has 0 saturated carbocycles. The van der Waals surface area contributed by atoms with Gasteiger partial charge in [0.05, 0.1) is 12.7 Å². The molecule has 1 aliphatic heterocycles. The van der Waals surface area contributed by atoms with Crippen LogP contribution in [-0.4, -0.2) is 40.4 Å². The minimum absolute atomic E-state index is 0.0924. The normalized spacial score (nSPS) is 13.3. The number of hydrogen-bond donors (Lipinski definition) is 0. The zero-order chi connectivity index (χ0) is 16.9. The van der Waals surface area contributed by atoms with Crippen molar-refractivity contribution >= 4 is 11.9 Å². The number of aromatic nitrogens is 2. The van der Waals surface area contributed by atoms with Gasteiger partial charge in [0, 0.05) is 43.8 Å². The van der Waals surface area contributed by atoms with Crippen molar-refractivity contribution in [3.8, 4) is 0 Å². The number of amides is 1. The first kappa shape index (κ1) is 16.1. The Morgan fingerprint density at radius 2 is 2.17 bits per heavy atom. The van der Waals surface area contributed by atoms with E-state index in [9.17, 15) is 9.59 Å². The van der Waals surface area contributed by atoms with Crippen molar-refractivity contribution in [1.82, 2.24) is 14.9 Å². The number of carbonyl (C=O) groups is 2. The first-order chi connectivity index (χ1) is 11.7. The maximum absolute atomic E-state index is 12.4. The van der Waals surface area contributed by atoms with Gasteiger partial charge in [-0.15, -0.1) is 0 Å². The summed E-state index contributed by atoms with van der Waals surface area (Å²) in [6, 6.07) is 5.70. The second kappa shape index (κ2) is 7.21. The second-order valence-corrected chi connectivity index (χ2v) is 5.70. The van der Waals surface area contributed by atoms with E-state index in [1.807, 2.05) is 23.1 Å². The molecule has 0 aromatic carbocycles. The van der Waals surface area contributed by atoms with Crippen LogP contribution in [0, 0.1) is 0 Å². The van der Waals surface area contributed by atoms with Crippen molar-refractivity contribution in [2.24, 2.45) is 0 Å². The fourth-order valence-corrected chi connectivity index (χ4v) is 2.93. The molecule has 0 atom stereocenters. The largest absolute Gasteiger partial charge is 0.465 e. The average molecular weight is 325 g/mol. The van der Waals surface area contributed by atoms with Crippen LogP contribution < -0.4 is 0 Å². The molecule has 1 amide bonds. The third kappa shape index (κ3) is 3.42. The van der Waals surface area contributed by atoms with Crippen LogP contribution in [0.25, 0.3) is 0 Å². The molecule has 2 aromatic heterocycles. The molecule has 0 aliphatic carbocycles. The lowest BCUT2D eigenvalue weighted by Crippen LogP contribution is -2.37. The smallest absolute Gasteiger partial charge is 0.339 e. The van der Waals surface area contributed by atoms with Crippen LogP contribution in [-0.2, 0) is 28.9 Å². The molecule has 0 fully saturated rings. The van der Waals surface area contributed by atoms with Crippen molar-refractivity contribution in [3.05, 3.63) is 59.2 Å². The number of fused-ring (bicyclic) bond motifs is 1. The molecule has 6 heteroatoms. The fourth-order valence-electron chi connectivity index (χ4n) is 2.93. The lowest BCUT2D eigenvalue weighted by Gasteiger charge is -2.29. The van der Waals surface area contributed by atoms with Gasteiger partial charge in [0.25, 0.3) is 0 Å². The molecule has 0 N–H and O–H groups in total. The van der Waals surface area contributed by atoms with Crippen molar-refractivity contribution in [3.63, 3.8) is 0 Å². The van der Waals surface area contributed by atoms with Crippen molar-refractivity contribution in [2.75, 3.05) is 13.7 Å². The third-order valence-electron chi connectivity index (χ3n) is 4.22. The Hall–Kier alpha value is -2.76. The van der Waals surface area contributed by atoms with Crippen LogP contribution in [0.2, 0.25) is 0 Å². The van der Waals surface area contributed by atoms with E-state index in [1.165, 1.54) is 13.3 Å². The highest BCUT2D eigenvalue weighted by Crippen LogP contribution is 2.22. The van der Waals surface area contributed by atoms with Gasteiger partial charge in [0.1, 0.15) is 0 Å². The number of hydrogen-bond acceptors (Lipinski definition) is 5. The topological polar surface area (TPSA) is 72.4 Å². The first-order valence-electron chi connectivity index (χ1n) is 7.91. The molecule has 0 radical (unpaired) electrons. The van der Waals surface area contributed by atoms with Gasteiger partial charge in [-0.05, 0) is 36.1 Å². The van der Waals surface area contributed by atoms with Crippen LogP contribution in [0.1, 0.15) is 33.6 Å². The minimum Gasteiger partial charge on any atom is -0.465 e. The van der Waals surface area contributed by atoms with E-state index in [4.69, 9.17) is 4.74 Å². The maximum Gasteiger partial charge on any atom is 0.339 e. The molecule has 0 unspecified atom stereocenters. The SMILES string of the molecule is COC(=O)c1cncc2c1CCN(C(=O)CCc1ccccn1)C2. The molecule has 2 aromatic rings. The number of ether oxygens (including phenoxy) is 1. The zero-order valence-corrected chi connectivity index (χ0v) is 13.6. The Morgan fingerprint density at radius 3 is 2.92 bits per heavy atom. The van der Waals surface area contributed by atoms with Gasteiger partial charge in [-0.25, -0.2) is 4.79 Å². The zero-order valence-electron chi connectivity index (χ0n) is 13.6. The number of carbonyl (C=O) groups excluding carboxylic acids is 2. The summed E-state index contributed by atoms with van der Waals surface area (Å²) in [5.74, 6) is -0.288. The predicted octanol–water partition coefficient (Wildman–Crippen LogP) is 1.78. The van der Waals surface area contributed by atoms with Gasteiger partial charge in [0.15, 0.2) is 0 Å². The Bertz CT molecular complexity index is 746. The summed E-state index contributed by atoms with van der Waals surface area (Å²) in [6.45, 7) is 1.08. The minimum atomic E-state index is -0.380. The van der Waals surface area contributed by atoms with E-state index < -0.39 is 0 Å².